The lowest BCUT2D eigenvalue weighted by Crippen LogP contribution is -2.33. The van der Waals surface area contributed by atoms with Crippen molar-refractivity contribution in [3.63, 3.8) is 0 Å². The molecule has 1 aromatic rings. The Morgan fingerprint density at radius 1 is 1.53 bits per heavy atom. The minimum Gasteiger partial charge on any atom is -0.389 e. The van der Waals surface area contributed by atoms with E-state index in [4.69, 9.17) is 18.0 Å². The van der Waals surface area contributed by atoms with Gasteiger partial charge < -0.3 is 10.6 Å². The molecule has 2 N–H and O–H groups in total. The van der Waals surface area contributed by atoms with Crippen molar-refractivity contribution in [3.05, 3.63) is 29.3 Å². The summed E-state index contributed by atoms with van der Waals surface area (Å²) in [6.45, 7) is 2.12. The van der Waals surface area contributed by atoms with Crippen LogP contribution in [0.15, 0.2) is 18.2 Å². The summed E-state index contributed by atoms with van der Waals surface area (Å²) >= 11 is 7.17. The molecule has 1 aliphatic rings. The van der Waals surface area contributed by atoms with Crippen LogP contribution in [0.25, 0.3) is 0 Å². The molecule has 1 aromatic carbocycles. The molecule has 92 valence electrons. The molecule has 0 saturated carbocycles. The van der Waals surface area contributed by atoms with E-state index in [0.29, 0.717) is 11.0 Å². The Balaban J connectivity index is 2.38. The maximum absolute atomic E-state index is 5.82. The molecule has 1 heterocycles. The molecular weight excluding hydrogens is 248 g/mol. The fourth-order valence-corrected chi connectivity index (χ4v) is 3.77. The molecule has 1 atom stereocenters. The van der Waals surface area contributed by atoms with Crippen LogP contribution in [0.5, 0.6) is 0 Å². The van der Waals surface area contributed by atoms with Crippen molar-refractivity contribution in [1.82, 2.24) is 0 Å². The standard InChI is InChI=1S/C13H18N2S2/c1-9-4-3-5-11(13(14)16)12(9)15(2)10-6-7-17-8-10/h3-5,10H,6-8H2,1-2H3,(H2,14,16). The van der Waals surface area contributed by atoms with Gasteiger partial charge in [-0.1, -0.05) is 24.4 Å². The van der Waals surface area contributed by atoms with E-state index in [0.717, 1.165) is 5.56 Å². The number of hydrogen-bond acceptors (Lipinski definition) is 3. The summed E-state index contributed by atoms with van der Waals surface area (Å²) in [6.07, 6.45) is 1.24. The lowest BCUT2D eigenvalue weighted by molar-refractivity contribution is 0.698. The summed E-state index contributed by atoms with van der Waals surface area (Å²) in [5, 5.41) is 0. The summed E-state index contributed by atoms with van der Waals surface area (Å²) < 4.78 is 0. The van der Waals surface area contributed by atoms with Gasteiger partial charge in [0.25, 0.3) is 0 Å². The molecule has 1 saturated heterocycles. The topological polar surface area (TPSA) is 29.3 Å². The second kappa shape index (κ2) is 5.27. The van der Waals surface area contributed by atoms with Crippen molar-refractivity contribution >= 4 is 34.7 Å². The van der Waals surface area contributed by atoms with Gasteiger partial charge in [-0.15, -0.1) is 0 Å². The van der Waals surface area contributed by atoms with Crippen molar-refractivity contribution in [1.29, 1.82) is 0 Å². The molecule has 1 aliphatic heterocycles. The number of hydrogen-bond donors (Lipinski definition) is 1. The molecule has 0 amide bonds. The van der Waals surface area contributed by atoms with Gasteiger partial charge in [0.05, 0.1) is 0 Å². The zero-order chi connectivity index (χ0) is 12.4. The largest absolute Gasteiger partial charge is 0.389 e. The molecule has 0 bridgehead atoms. The Morgan fingerprint density at radius 3 is 2.88 bits per heavy atom. The third-order valence-corrected chi connectivity index (χ3v) is 4.67. The highest BCUT2D eigenvalue weighted by Crippen LogP contribution is 2.30. The molecule has 17 heavy (non-hydrogen) atoms. The zero-order valence-corrected chi connectivity index (χ0v) is 11.9. The number of nitrogens with zero attached hydrogens (tertiary/aromatic N) is 1. The molecule has 0 radical (unpaired) electrons. The van der Waals surface area contributed by atoms with Crippen LogP contribution in [0.3, 0.4) is 0 Å². The predicted octanol–water partition coefficient (Wildman–Crippen LogP) is 2.57. The quantitative estimate of drug-likeness (QED) is 0.852. The van der Waals surface area contributed by atoms with E-state index in [1.54, 1.807) is 0 Å². The molecule has 4 heteroatoms. The molecule has 1 fully saturated rings. The van der Waals surface area contributed by atoms with Crippen LogP contribution in [0.1, 0.15) is 17.5 Å². The summed E-state index contributed by atoms with van der Waals surface area (Å²) in [6, 6.07) is 6.76. The van der Waals surface area contributed by atoms with E-state index >= 15 is 0 Å². The highest BCUT2D eigenvalue weighted by Gasteiger charge is 2.23. The van der Waals surface area contributed by atoms with Crippen LogP contribution in [0.4, 0.5) is 5.69 Å². The number of rotatable bonds is 3. The molecule has 0 aromatic heterocycles. The summed E-state index contributed by atoms with van der Waals surface area (Å²) in [5.74, 6) is 2.45. The average molecular weight is 266 g/mol. The van der Waals surface area contributed by atoms with E-state index in [1.807, 2.05) is 23.9 Å². The molecular formula is C13H18N2S2. The Bertz CT molecular complexity index is 425. The normalized spacial score (nSPS) is 19.3. The third-order valence-electron chi connectivity index (χ3n) is 3.31. The number of para-hydroxylation sites is 1. The van der Waals surface area contributed by atoms with Crippen molar-refractivity contribution in [3.8, 4) is 0 Å². The van der Waals surface area contributed by atoms with Gasteiger partial charge in [-0.2, -0.15) is 11.8 Å². The van der Waals surface area contributed by atoms with Crippen LogP contribution >= 0.6 is 24.0 Å². The van der Waals surface area contributed by atoms with Crippen LogP contribution in [-0.4, -0.2) is 29.6 Å². The van der Waals surface area contributed by atoms with Gasteiger partial charge in [-0.25, -0.2) is 0 Å². The van der Waals surface area contributed by atoms with Gasteiger partial charge in [0.1, 0.15) is 4.99 Å². The van der Waals surface area contributed by atoms with Gasteiger partial charge in [0.15, 0.2) is 0 Å². The first kappa shape index (κ1) is 12.7. The molecule has 1 unspecified atom stereocenters. The first-order chi connectivity index (χ1) is 8.11. The van der Waals surface area contributed by atoms with Crippen LogP contribution in [-0.2, 0) is 0 Å². The Kier molecular flexibility index (Phi) is 3.94. The minimum absolute atomic E-state index is 0.487. The number of thiocarbonyl (C=S) groups is 1. The van der Waals surface area contributed by atoms with E-state index in [-0.39, 0.29) is 0 Å². The maximum Gasteiger partial charge on any atom is 0.106 e. The summed E-state index contributed by atoms with van der Waals surface area (Å²) in [4.78, 5) is 2.84. The minimum atomic E-state index is 0.487. The number of benzene rings is 1. The smallest absolute Gasteiger partial charge is 0.106 e. The summed E-state index contributed by atoms with van der Waals surface area (Å²) in [7, 11) is 2.15. The fraction of sp³-hybridized carbons (Fsp3) is 0.462. The lowest BCUT2D eigenvalue weighted by atomic mass is 10.0. The predicted molar refractivity (Wildman–Crippen MR) is 81.2 cm³/mol. The highest BCUT2D eigenvalue weighted by atomic mass is 32.2. The van der Waals surface area contributed by atoms with E-state index < -0.39 is 0 Å². The number of aryl methyl sites for hydroxylation is 1. The highest BCUT2D eigenvalue weighted by molar-refractivity contribution is 7.99. The van der Waals surface area contributed by atoms with Crippen LogP contribution < -0.4 is 10.6 Å². The molecule has 2 nitrogen and oxygen atoms in total. The van der Waals surface area contributed by atoms with E-state index in [9.17, 15) is 0 Å². The van der Waals surface area contributed by atoms with Crippen molar-refractivity contribution < 1.29 is 0 Å². The number of anilines is 1. The molecule has 0 aliphatic carbocycles. The van der Waals surface area contributed by atoms with Gasteiger partial charge in [-0.3, -0.25) is 0 Å². The first-order valence-corrected chi connectivity index (χ1v) is 7.37. The molecule has 0 spiro atoms. The van der Waals surface area contributed by atoms with E-state index in [2.05, 4.69) is 24.9 Å². The SMILES string of the molecule is Cc1cccc(C(N)=S)c1N(C)C1CCSC1. The third kappa shape index (κ3) is 2.58. The molecule has 2 rings (SSSR count). The lowest BCUT2D eigenvalue weighted by Gasteiger charge is -2.29. The van der Waals surface area contributed by atoms with Crippen LogP contribution in [0.2, 0.25) is 0 Å². The fourth-order valence-electron chi connectivity index (χ4n) is 2.34. The zero-order valence-electron chi connectivity index (χ0n) is 10.3. The number of thioether (sulfide) groups is 1. The Morgan fingerprint density at radius 2 is 2.29 bits per heavy atom. The monoisotopic (exact) mass is 266 g/mol. The van der Waals surface area contributed by atoms with Crippen molar-refractivity contribution in [2.75, 3.05) is 23.5 Å². The van der Waals surface area contributed by atoms with Gasteiger partial charge in [0.2, 0.25) is 0 Å². The second-order valence-corrected chi connectivity index (χ2v) is 6.05. The summed E-state index contributed by atoms with van der Waals surface area (Å²) in [5.41, 5.74) is 9.27. The average Bonchev–Trinajstić information content (AvgIpc) is 2.81. The van der Waals surface area contributed by atoms with E-state index in [1.165, 1.54) is 29.2 Å². The van der Waals surface area contributed by atoms with Gasteiger partial charge in [-0.05, 0) is 30.7 Å². The van der Waals surface area contributed by atoms with Crippen LogP contribution in [0, 0.1) is 6.92 Å². The van der Waals surface area contributed by atoms with Crippen molar-refractivity contribution in [2.45, 2.75) is 19.4 Å². The maximum atomic E-state index is 5.82. The first-order valence-electron chi connectivity index (χ1n) is 5.81. The number of nitrogens with two attached hydrogens (primary N) is 1. The van der Waals surface area contributed by atoms with Gasteiger partial charge >= 0.3 is 0 Å². The Hall–Kier alpha value is -0.740. The van der Waals surface area contributed by atoms with Gasteiger partial charge in [0, 0.05) is 30.1 Å². The van der Waals surface area contributed by atoms with Crippen molar-refractivity contribution in [2.24, 2.45) is 5.73 Å². The Labute approximate surface area is 113 Å². The second-order valence-electron chi connectivity index (χ2n) is 4.46.